The molecule has 190 valence electrons. The molecule has 0 spiro atoms. The number of imide groups is 1. The first kappa shape index (κ1) is 27.8. The minimum atomic E-state index is -3.96. The Morgan fingerprint density at radius 3 is 2.03 bits per heavy atom. The standard InChI is InChI=1S/C23H28N2O9S/c1-14(35(32,33)23(15(2)26)16(3)27)4-5-17-6-8-18(9-7-17)24-19(28)10-13-22(31)34-25-20(29)11-12-21(25)30/h6-9,14,23H,4-5,10-13H2,1-3H3,(H,24,28). The van der Waals surface area contributed by atoms with Crippen LogP contribution in [0.2, 0.25) is 0 Å². The van der Waals surface area contributed by atoms with Gasteiger partial charge in [0.15, 0.2) is 26.7 Å². The highest BCUT2D eigenvalue weighted by Crippen LogP contribution is 2.19. The monoisotopic (exact) mass is 508 g/mol. The molecule has 1 saturated heterocycles. The minimum absolute atomic E-state index is 0.0192. The normalized spacial score (nSPS) is 14.7. The van der Waals surface area contributed by atoms with Crippen molar-refractivity contribution in [2.75, 3.05) is 5.32 Å². The van der Waals surface area contributed by atoms with Gasteiger partial charge in [-0.25, -0.2) is 13.2 Å². The summed E-state index contributed by atoms with van der Waals surface area (Å²) in [6.07, 6.45) is -0.00992. The summed E-state index contributed by atoms with van der Waals surface area (Å²) in [6, 6.07) is 6.61. The summed E-state index contributed by atoms with van der Waals surface area (Å²) >= 11 is 0. The number of nitrogens with zero attached hydrogens (tertiary/aromatic N) is 1. The largest absolute Gasteiger partial charge is 0.333 e. The Hall–Kier alpha value is -3.41. The quantitative estimate of drug-likeness (QED) is 0.324. The van der Waals surface area contributed by atoms with E-state index in [1.165, 1.54) is 6.92 Å². The number of aryl methyl sites for hydroxylation is 1. The van der Waals surface area contributed by atoms with Crippen molar-refractivity contribution in [3.63, 3.8) is 0 Å². The first-order valence-corrected chi connectivity index (χ1v) is 12.6. The van der Waals surface area contributed by atoms with Gasteiger partial charge in [-0.05, 0) is 51.3 Å². The second kappa shape index (κ2) is 11.8. The Morgan fingerprint density at radius 2 is 1.51 bits per heavy atom. The van der Waals surface area contributed by atoms with E-state index >= 15 is 0 Å². The van der Waals surface area contributed by atoms with Crippen LogP contribution in [0.5, 0.6) is 0 Å². The zero-order valence-corrected chi connectivity index (χ0v) is 20.6. The van der Waals surface area contributed by atoms with Crippen molar-refractivity contribution in [1.82, 2.24) is 5.06 Å². The van der Waals surface area contributed by atoms with E-state index in [1.54, 1.807) is 24.3 Å². The van der Waals surface area contributed by atoms with Crippen LogP contribution in [0.25, 0.3) is 0 Å². The van der Waals surface area contributed by atoms with Crippen LogP contribution >= 0.6 is 0 Å². The van der Waals surface area contributed by atoms with Crippen LogP contribution in [0.4, 0.5) is 5.69 Å². The number of Topliss-reactive ketones (excluding diaryl/α,β-unsaturated/α-hetero) is 2. The number of anilines is 1. The zero-order valence-electron chi connectivity index (χ0n) is 19.7. The number of hydroxylamine groups is 2. The maximum Gasteiger partial charge on any atom is 0.333 e. The zero-order chi connectivity index (χ0) is 26.3. The van der Waals surface area contributed by atoms with Crippen LogP contribution in [-0.4, -0.2) is 59.2 Å². The highest BCUT2D eigenvalue weighted by Gasteiger charge is 2.37. The molecule has 1 aliphatic rings. The molecule has 1 aliphatic heterocycles. The van der Waals surface area contributed by atoms with Gasteiger partial charge < -0.3 is 10.2 Å². The van der Waals surface area contributed by atoms with Crippen LogP contribution < -0.4 is 5.32 Å². The van der Waals surface area contributed by atoms with E-state index in [2.05, 4.69) is 5.32 Å². The molecule has 1 aromatic rings. The van der Waals surface area contributed by atoms with Gasteiger partial charge >= 0.3 is 5.97 Å². The van der Waals surface area contributed by atoms with Crippen molar-refractivity contribution < 1.29 is 42.0 Å². The molecule has 1 atom stereocenters. The van der Waals surface area contributed by atoms with Gasteiger partial charge in [-0.2, -0.15) is 0 Å². The topological polar surface area (TPSA) is 161 Å². The van der Waals surface area contributed by atoms with E-state index in [1.807, 2.05) is 0 Å². The van der Waals surface area contributed by atoms with E-state index in [0.717, 1.165) is 19.4 Å². The van der Waals surface area contributed by atoms with Crippen molar-refractivity contribution in [2.45, 2.75) is 69.8 Å². The van der Waals surface area contributed by atoms with E-state index < -0.39 is 55.6 Å². The maximum absolute atomic E-state index is 12.6. The predicted octanol–water partition coefficient (Wildman–Crippen LogP) is 1.29. The first-order chi connectivity index (χ1) is 16.3. The Morgan fingerprint density at radius 1 is 0.971 bits per heavy atom. The molecule has 1 heterocycles. The first-order valence-electron chi connectivity index (χ1n) is 11.0. The number of ketones is 2. The van der Waals surface area contributed by atoms with Crippen molar-refractivity contribution in [2.24, 2.45) is 0 Å². The Balaban J connectivity index is 1.82. The summed E-state index contributed by atoms with van der Waals surface area (Å²) < 4.78 is 25.2. The average Bonchev–Trinajstić information content (AvgIpc) is 3.08. The van der Waals surface area contributed by atoms with Crippen LogP contribution in [0, 0.1) is 0 Å². The molecule has 0 saturated carbocycles. The summed E-state index contributed by atoms with van der Waals surface area (Å²) in [7, 11) is -3.96. The smallest absolute Gasteiger partial charge is 0.330 e. The molecule has 0 radical (unpaired) electrons. The molecule has 11 nitrogen and oxygen atoms in total. The van der Waals surface area contributed by atoms with E-state index in [0.29, 0.717) is 17.2 Å². The van der Waals surface area contributed by atoms with Gasteiger partial charge in [-0.3, -0.25) is 24.0 Å². The number of sulfone groups is 1. The molecule has 35 heavy (non-hydrogen) atoms. The fourth-order valence-electron chi connectivity index (χ4n) is 3.51. The highest BCUT2D eigenvalue weighted by atomic mass is 32.2. The van der Waals surface area contributed by atoms with Crippen molar-refractivity contribution in [3.8, 4) is 0 Å². The predicted molar refractivity (Wildman–Crippen MR) is 123 cm³/mol. The maximum atomic E-state index is 12.6. The fraction of sp³-hybridized carbons (Fsp3) is 0.478. The van der Waals surface area contributed by atoms with Gasteiger partial charge in [0.1, 0.15) is 0 Å². The third-order valence-corrected chi connectivity index (χ3v) is 8.14. The number of carbonyl (C=O) groups excluding carboxylic acids is 6. The summed E-state index contributed by atoms with van der Waals surface area (Å²) in [6.45, 7) is 3.63. The van der Waals surface area contributed by atoms with Crippen LogP contribution in [0.1, 0.15) is 58.4 Å². The SMILES string of the molecule is CC(=O)C(C(C)=O)S(=O)(=O)C(C)CCc1ccc(NC(=O)CCC(=O)ON2C(=O)CCC2=O)cc1. The number of carbonyl (C=O) groups is 6. The molecule has 1 aromatic carbocycles. The molecule has 1 N–H and O–H groups in total. The van der Waals surface area contributed by atoms with E-state index in [9.17, 15) is 37.2 Å². The van der Waals surface area contributed by atoms with Crippen molar-refractivity contribution in [3.05, 3.63) is 29.8 Å². The van der Waals surface area contributed by atoms with Crippen molar-refractivity contribution >= 4 is 50.8 Å². The highest BCUT2D eigenvalue weighted by molar-refractivity contribution is 7.94. The number of hydrogen-bond donors (Lipinski definition) is 1. The molecule has 1 unspecified atom stereocenters. The number of rotatable bonds is 12. The summed E-state index contributed by atoms with van der Waals surface area (Å²) in [5.41, 5.74) is 1.24. The second-order valence-corrected chi connectivity index (χ2v) is 10.8. The molecule has 1 fully saturated rings. The molecular formula is C23H28N2O9S. The van der Waals surface area contributed by atoms with Gasteiger partial charge in [-0.1, -0.05) is 12.1 Å². The number of benzene rings is 1. The molecule has 3 amide bonds. The lowest BCUT2D eigenvalue weighted by molar-refractivity contribution is -0.197. The molecule has 12 heteroatoms. The lowest BCUT2D eigenvalue weighted by Crippen LogP contribution is -2.40. The van der Waals surface area contributed by atoms with Crippen LogP contribution in [0.3, 0.4) is 0 Å². The summed E-state index contributed by atoms with van der Waals surface area (Å²) in [4.78, 5) is 74.7. The molecule has 2 rings (SSSR count). The van der Waals surface area contributed by atoms with E-state index in [4.69, 9.17) is 4.84 Å². The molecule has 0 bridgehead atoms. The Labute approximate surface area is 203 Å². The van der Waals surface area contributed by atoms with Crippen LogP contribution in [0.15, 0.2) is 24.3 Å². The third kappa shape index (κ3) is 7.54. The number of hydrogen-bond acceptors (Lipinski definition) is 9. The summed E-state index contributed by atoms with van der Waals surface area (Å²) in [5.74, 6) is -3.95. The van der Waals surface area contributed by atoms with Gasteiger partial charge in [0, 0.05) is 24.9 Å². The van der Waals surface area contributed by atoms with Crippen LogP contribution in [-0.2, 0) is 49.9 Å². The van der Waals surface area contributed by atoms with Gasteiger partial charge in [0.2, 0.25) is 5.91 Å². The average molecular weight is 509 g/mol. The van der Waals surface area contributed by atoms with Crippen molar-refractivity contribution in [1.29, 1.82) is 0 Å². The second-order valence-electron chi connectivity index (χ2n) is 8.33. The third-order valence-electron chi connectivity index (χ3n) is 5.46. The number of nitrogens with one attached hydrogen (secondary N) is 1. The Kier molecular flexibility index (Phi) is 9.40. The molecule has 0 aromatic heterocycles. The Bertz CT molecular complexity index is 1100. The molecular weight excluding hydrogens is 480 g/mol. The molecule has 0 aliphatic carbocycles. The van der Waals surface area contributed by atoms with E-state index in [-0.39, 0.29) is 32.1 Å². The summed E-state index contributed by atoms with van der Waals surface area (Å²) in [5, 5.41) is 0.475. The van der Waals surface area contributed by atoms with Gasteiger partial charge in [0.25, 0.3) is 11.8 Å². The minimum Gasteiger partial charge on any atom is -0.330 e. The lowest BCUT2D eigenvalue weighted by atomic mass is 10.1. The number of amides is 3. The fourth-order valence-corrected chi connectivity index (χ4v) is 5.35. The van der Waals surface area contributed by atoms with Gasteiger partial charge in [-0.15, -0.1) is 5.06 Å². The lowest BCUT2D eigenvalue weighted by Gasteiger charge is -2.18. The van der Waals surface area contributed by atoms with Gasteiger partial charge in [0.05, 0.1) is 11.7 Å².